The number of halogens is 1. The zero-order valence-corrected chi connectivity index (χ0v) is 10.5. The van der Waals surface area contributed by atoms with E-state index in [0.717, 1.165) is 0 Å². The number of benzene rings is 1. The van der Waals surface area contributed by atoms with Gasteiger partial charge in [-0.2, -0.15) is 0 Å². The van der Waals surface area contributed by atoms with Crippen molar-refractivity contribution in [2.45, 2.75) is 0 Å². The molecule has 1 aromatic heterocycles. The summed E-state index contributed by atoms with van der Waals surface area (Å²) in [6.07, 6.45) is 1.26. The van der Waals surface area contributed by atoms with Crippen molar-refractivity contribution in [1.82, 2.24) is 9.97 Å². The van der Waals surface area contributed by atoms with Crippen molar-refractivity contribution in [1.29, 1.82) is 0 Å². The maximum absolute atomic E-state index is 10.5. The molecule has 7 nitrogen and oxygen atoms in total. The van der Waals surface area contributed by atoms with Crippen molar-refractivity contribution in [2.75, 3.05) is 5.73 Å². The molecule has 0 fully saturated rings. The third kappa shape index (κ3) is 2.54. The highest BCUT2D eigenvalue weighted by Gasteiger charge is 2.10. The van der Waals surface area contributed by atoms with Crippen LogP contribution in [0.2, 0.25) is 0 Å². The van der Waals surface area contributed by atoms with E-state index in [4.69, 9.17) is 10.5 Å². The van der Waals surface area contributed by atoms with Crippen molar-refractivity contribution in [3.63, 3.8) is 0 Å². The number of hydrogen-bond donors (Lipinski definition) is 1. The smallest absolute Gasteiger partial charge is 0.269 e. The standard InChI is InChI=1S/C10H7BrN4O3/c11-8-9(12)13-5-14-10(8)18-7-3-1-6(2-4-7)15(16)17/h1-5H,(H2,12,13,14). The van der Waals surface area contributed by atoms with E-state index >= 15 is 0 Å². The highest BCUT2D eigenvalue weighted by atomic mass is 79.9. The van der Waals surface area contributed by atoms with Crippen LogP contribution < -0.4 is 10.5 Å². The summed E-state index contributed by atoms with van der Waals surface area (Å²) in [5.74, 6) is 0.915. The molecule has 0 saturated carbocycles. The lowest BCUT2D eigenvalue weighted by Gasteiger charge is -2.06. The number of nitrogens with zero attached hydrogens (tertiary/aromatic N) is 3. The minimum atomic E-state index is -0.484. The number of nitrogen functional groups attached to an aromatic ring is 1. The van der Waals surface area contributed by atoms with Gasteiger partial charge in [-0.3, -0.25) is 10.1 Å². The number of nitro groups is 1. The number of anilines is 1. The van der Waals surface area contributed by atoms with E-state index in [2.05, 4.69) is 25.9 Å². The monoisotopic (exact) mass is 310 g/mol. The maximum Gasteiger partial charge on any atom is 0.269 e. The van der Waals surface area contributed by atoms with E-state index < -0.39 is 4.92 Å². The van der Waals surface area contributed by atoms with E-state index in [-0.39, 0.29) is 17.4 Å². The van der Waals surface area contributed by atoms with Crippen LogP contribution in [0.3, 0.4) is 0 Å². The second-order valence-electron chi connectivity index (χ2n) is 3.23. The Kier molecular flexibility index (Phi) is 3.38. The van der Waals surface area contributed by atoms with Gasteiger partial charge in [0.25, 0.3) is 5.69 Å². The first-order valence-corrected chi connectivity index (χ1v) is 5.55. The highest BCUT2D eigenvalue weighted by Crippen LogP contribution is 2.30. The lowest BCUT2D eigenvalue weighted by molar-refractivity contribution is -0.384. The van der Waals surface area contributed by atoms with Gasteiger partial charge in [0, 0.05) is 12.1 Å². The molecule has 0 aliphatic carbocycles. The highest BCUT2D eigenvalue weighted by molar-refractivity contribution is 9.10. The first-order valence-electron chi connectivity index (χ1n) is 4.76. The normalized spacial score (nSPS) is 10.1. The molecular formula is C10H7BrN4O3. The van der Waals surface area contributed by atoms with Crippen LogP contribution in [0.15, 0.2) is 35.1 Å². The number of ether oxygens (including phenoxy) is 1. The Labute approximate surface area is 110 Å². The van der Waals surface area contributed by atoms with Crippen LogP contribution in [-0.2, 0) is 0 Å². The second kappa shape index (κ2) is 4.96. The molecule has 2 aromatic rings. The third-order valence-electron chi connectivity index (χ3n) is 2.05. The summed E-state index contributed by atoms with van der Waals surface area (Å²) >= 11 is 3.19. The summed E-state index contributed by atoms with van der Waals surface area (Å²) in [6, 6.07) is 5.63. The quantitative estimate of drug-likeness (QED) is 0.690. The lowest BCUT2D eigenvalue weighted by atomic mass is 10.3. The molecular weight excluding hydrogens is 304 g/mol. The zero-order valence-electron chi connectivity index (χ0n) is 8.91. The van der Waals surface area contributed by atoms with Crippen molar-refractivity contribution >= 4 is 27.4 Å². The number of hydrogen-bond acceptors (Lipinski definition) is 6. The van der Waals surface area contributed by atoms with Gasteiger partial charge in [-0.05, 0) is 28.1 Å². The average molecular weight is 311 g/mol. The van der Waals surface area contributed by atoms with Gasteiger partial charge < -0.3 is 10.5 Å². The van der Waals surface area contributed by atoms with Crippen LogP contribution in [0.4, 0.5) is 11.5 Å². The van der Waals surface area contributed by atoms with Crippen molar-refractivity contribution in [2.24, 2.45) is 0 Å². The molecule has 2 N–H and O–H groups in total. The molecule has 0 bridgehead atoms. The largest absolute Gasteiger partial charge is 0.438 e. The summed E-state index contributed by atoms with van der Waals surface area (Å²) in [5.41, 5.74) is 5.56. The molecule has 0 saturated heterocycles. The molecule has 0 aliphatic heterocycles. The van der Waals surface area contributed by atoms with Gasteiger partial charge in [-0.25, -0.2) is 9.97 Å². The van der Waals surface area contributed by atoms with Gasteiger partial charge in [0.05, 0.1) is 4.92 Å². The Morgan fingerprint density at radius 1 is 1.28 bits per heavy atom. The first kappa shape index (κ1) is 12.2. The van der Waals surface area contributed by atoms with Crippen molar-refractivity contribution in [3.8, 4) is 11.6 Å². The second-order valence-corrected chi connectivity index (χ2v) is 4.02. The van der Waals surface area contributed by atoms with Crippen molar-refractivity contribution < 1.29 is 9.66 Å². The molecule has 0 unspecified atom stereocenters. The fourth-order valence-corrected chi connectivity index (χ4v) is 1.47. The molecule has 8 heteroatoms. The van der Waals surface area contributed by atoms with Gasteiger partial charge in [-0.1, -0.05) is 0 Å². The summed E-state index contributed by atoms with van der Waals surface area (Å²) in [6.45, 7) is 0. The molecule has 0 amide bonds. The van der Waals surface area contributed by atoms with Crippen LogP contribution in [0.5, 0.6) is 11.6 Å². The number of nitro benzene ring substituents is 1. The zero-order chi connectivity index (χ0) is 13.1. The Morgan fingerprint density at radius 2 is 1.94 bits per heavy atom. The van der Waals surface area contributed by atoms with E-state index in [1.165, 1.54) is 30.6 Å². The van der Waals surface area contributed by atoms with Crippen LogP contribution in [-0.4, -0.2) is 14.9 Å². The molecule has 92 valence electrons. The molecule has 1 heterocycles. The maximum atomic E-state index is 10.5. The number of non-ortho nitro benzene ring substituents is 1. The van der Waals surface area contributed by atoms with Gasteiger partial charge in [0.15, 0.2) is 0 Å². The van der Waals surface area contributed by atoms with Crippen LogP contribution in [0.1, 0.15) is 0 Å². The Balaban J connectivity index is 2.24. The van der Waals surface area contributed by atoms with E-state index in [1.807, 2.05) is 0 Å². The molecule has 0 aliphatic rings. The molecule has 18 heavy (non-hydrogen) atoms. The van der Waals surface area contributed by atoms with Gasteiger partial charge in [-0.15, -0.1) is 0 Å². The minimum Gasteiger partial charge on any atom is -0.438 e. The SMILES string of the molecule is Nc1ncnc(Oc2ccc([N+](=O)[O-])cc2)c1Br. The summed E-state index contributed by atoms with van der Waals surface area (Å²) < 4.78 is 5.86. The number of nitrogens with two attached hydrogens (primary N) is 1. The van der Waals surface area contributed by atoms with Crippen LogP contribution >= 0.6 is 15.9 Å². The van der Waals surface area contributed by atoms with Crippen molar-refractivity contribution in [3.05, 3.63) is 45.2 Å². The summed E-state index contributed by atoms with van der Waals surface area (Å²) in [7, 11) is 0. The van der Waals surface area contributed by atoms with Gasteiger partial charge in [0.2, 0.25) is 5.88 Å². The summed E-state index contributed by atoms with van der Waals surface area (Å²) in [5, 5.41) is 10.5. The molecule has 0 atom stereocenters. The van der Waals surface area contributed by atoms with E-state index in [0.29, 0.717) is 10.2 Å². The fraction of sp³-hybridized carbons (Fsp3) is 0. The average Bonchev–Trinajstić information content (AvgIpc) is 2.36. The minimum absolute atomic E-state index is 0.0105. The van der Waals surface area contributed by atoms with Crippen LogP contribution in [0.25, 0.3) is 0 Å². The molecule has 1 aromatic carbocycles. The molecule has 0 radical (unpaired) electrons. The van der Waals surface area contributed by atoms with E-state index in [1.54, 1.807) is 0 Å². The Bertz CT molecular complexity index is 588. The number of rotatable bonds is 3. The summed E-state index contributed by atoms with van der Waals surface area (Å²) in [4.78, 5) is 17.7. The van der Waals surface area contributed by atoms with E-state index in [9.17, 15) is 10.1 Å². The lowest BCUT2D eigenvalue weighted by Crippen LogP contribution is -1.96. The molecule has 2 rings (SSSR count). The predicted molar refractivity (Wildman–Crippen MR) is 67.3 cm³/mol. The topological polar surface area (TPSA) is 104 Å². The fourth-order valence-electron chi connectivity index (χ4n) is 1.19. The van der Waals surface area contributed by atoms with Gasteiger partial charge in [0.1, 0.15) is 22.4 Å². The predicted octanol–water partition coefficient (Wildman–Crippen LogP) is 2.52. The first-order chi connectivity index (χ1) is 8.58. The Morgan fingerprint density at radius 3 is 2.56 bits per heavy atom. The van der Waals surface area contributed by atoms with Gasteiger partial charge >= 0.3 is 0 Å². The third-order valence-corrected chi connectivity index (χ3v) is 2.79. The Hall–Kier alpha value is -2.22. The number of aromatic nitrogens is 2. The molecule has 0 spiro atoms. The van der Waals surface area contributed by atoms with Crippen LogP contribution in [0, 0.1) is 10.1 Å².